The number of hydrogen-bond donors (Lipinski definition) is 3. The summed E-state index contributed by atoms with van der Waals surface area (Å²) in [6.45, 7) is 0. The standard InChI is InChI=1S/C11H11NOS.C11H14O3S/c12-7-10(6-11(13)8-14)9-4-2-1-3-5-9;1-14-11-6-8(3-5-10(11)13)2-4-9(12)7-15/h1-5,10,14H,6,8H2;3,5-6,13,15H,2,4,7H2,1H3. The molecule has 0 aliphatic carbocycles. The SMILES string of the molecule is COc1cc(CCC(=O)CS)ccc1O.N#CC(CC(=O)CS)c1ccccc1. The van der Waals surface area contributed by atoms with E-state index >= 15 is 0 Å². The number of ether oxygens (including phenoxy) is 1. The van der Waals surface area contributed by atoms with Gasteiger partial charge in [-0.25, -0.2) is 0 Å². The van der Waals surface area contributed by atoms with Crippen LogP contribution in [0.5, 0.6) is 11.5 Å². The van der Waals surface area contributed by atoms with Gasteiger partial charge < -0.3 is 9.84 Å². The Bertz CT molecular complexity index is 834. The third kappa shape index (κ3) is 9.07. The monoisotopic (exact) mass is 431 g/mol. The molecular formula is C22H25NO4S2. The molecule has 2 aromatic rings. The van der Waals surface area contributed by atoms with E-state index in [9.17, 15) is 14.7 Å². The van der Waals surface area contributed by atoms with Gasteiger partial charge in [0.1, 0.15) is 11.6 Å². The van der Waals surface area contributed by atoms with Crippen LogP contribution in [0, 0.1) is 11.3 Å². The van der Waals surface area contributed by atoms with E-state index in [0.29, 0.717) is 18.6 Å². The minimum absolute atomic E-state index is 0.00346. The highest BCUT2D eigenvalue weighted by Crippen LogP contribution is 2.26. The van der Waals surface area contributed by atoms with Gasteiger partial charge in [0.05, 0.1) is 19.1 Å². The molecule has 0 saturated heterocycles. The van der Waals surface area contributed by atoms with E-state index in [1.807, 2.05) is 30.3 Å². The lowest BCUT2D eigenvalue weighted by molar-refractivity contribution is -0.117. The Morgan fingerprint density at radius 3 is 2.31 bits per heavy atom. The van der Waals surface area contributed by atoms with Gasteiger partial charge in [-0.3, -0.25) is 9.59 Å². The predicted octanol–water partition coefficient (Wildman–Crippen LogP) is 4.02. The van der Waals surface area contributed by atoms with Crippen molar-refractivity contribution in [2.24, 2.45) is 0 Å². The van der Waals surface area contributed by atoms with Crippen LogP contribution < -0.4 is 4.74 Å². The van der Waals surface area contributed by atoms with E-state index < -0.39 is 0 Å². The Morgan fingerprint density at radius 1 is 1.10 bits per heavy atom. The largest absolute Gasteiger partial charge is 0.504 e. The molecule has 2 aromatic carbocycles. The number of carbonyl (C=O) groups excluding carboxylic acids is 2. The summed E-state index contributed by atoms with van der Waals surface area (Å²) < 4.78 is 4.97. The molecule has 0 aliphatic rings. The van der Waals surface area contributed by atoms with Crippen LogP contribution in [0.4, 0.5) is 0 Å². The summed E-state index contributed by atoms with van der Waals surface area (Å²) in [6, 6.07) is 16.6. The Labute approximate surface area is 182 Å². The number of nitrogens with zero attached hydrogens (tertiary/aromatic N) is 1. The van der Waals surface area contributed by atoms with Crippen LogP contribution in [-0.4, -0.2) is 35.3 Å². The van der Waals surface area contributed by atoms with Gasteiger partial charge in [0, 0.05) is 24.3 Å². The van der Waals surface area contributed by atoms with E-state index in [1.54, 1.807) is 18.2 Å². The van der Waals surface area contributed by atoms with Gasteiger partial charge in [0.25, 0.3) is 0 Å². The maximum Gasteiger partial charge on any atom is 0.160 e. The Hall–Kier alpha value is -2.43. The number of thiol groups is 2. The normalized spacial score (nSPS) is 10.8. The first kappa shape index (κ1) is 24.6. The average molecular weight is 432 g/mol. The second-order valence-corrected chi connectivity index (χ2v) is 6.83. The summed E-state index contributed by atoms with van der Waals surface area (Å²) >= 11 is 7.79. The predicted molar refractivity (Wildman–Crippen MR) is 120 cm³/mol. The molecule has 7 heteroatoms. The lowest BCUT2D eigenvalue weighted by atomic mass is 9.96. The fourth-order valence-corrected chi connectivity index (χ4v) is 2.74. The Morgan fingerprint density at radius 2 is 1.76 bits per heavy atom. The van der Waals surface area contributed by atoms with Gasteiger partial charge in [-0.1, -0.05) is 36.4 Å². The van der Waals surface area contributed by atoms with Gasteiger partial charge >= 0.3 is 0 Å². The van der Waals surface area contributed by atoms with Crippen molar-refractivity contribution in [1.29, 1.82) is 5.26 Å². The molecule has 0 bridgehead atoms. The summed E-state index contributed by atoms with van der Waals surface area (Å²) in [5.74, 6) is 0.804. The van der Waals surface area contributed by atoms with Crippen LogP contribution in [0.1, 0.15) is 29.9 Å². The summed E-state index contributed by atoms with van der Waals surface area (Å²) in [7, 11) is 1.50. The number of nitriles is 1. The van der Waals surface area contributed by atoms with Crippen LogP contribution in [0.15, 0.2) is 48.5 Å². The summed E-state index contributed by atoms with van der Waals surface area (Å²) in [6.07, 6.45) is 1.37. The third-order valence-electron chi connectivity index (χ3n) is 4.08. The van der Waals surface area contributed by atoms with Crippen molar-refractivity contribution < 1.29 is 19.4 Å². The maximum absolute atomic E-state index is 11.1. The summed E-state index contributed by atoms with van der Waals surface area (Å²) in [5, 5.41) is 18.3. The smallest absolute Gasteiger partial charge is 0.160 e. The lowest BCUT2D eigenvalue weighted by Crippen LogP contribution is -2.06. The van der Waals surface area contributed by atoms with Crippen molar-refractivity contribution in [2.75, 3.05) is 18.6 Å². The fourth-order valence-electron chi connectivity index (χ4n) is 2.46. The van der Waals surface area contributed by atoms with Crippen LogP contribution in [0.3, 0.4) is 0 Å². The first-order chi connectivity index (χ1) is 13.9. The van der Waals surface area contributed by atoms with Gasteiger partial charge in [-0.05, 0) is 29.7 Å². The quantitative estimate of drug-likeness (QED) is 0.522. The summed E-state index contributed by atoms with van der Waals surface area (Å²) in [4.78, 5) is 22.2. The molecule has 0 aliphatic heterocycles. The van der Waals surface area contributed by atoms with Crippen molar-refractivity contribution in [2.45, 2.75) is 25.2 Å². The number of ketones is 2. The number of Topliss-reactive ketones (excluding diaryl/α,β-unsaturated/α-hetero) is 2. The molecule has 0 saturated carbocycles. The minimum atomic E-state index is -0.337. The van der Waals surface area contributed by atoms with Crippen LogP contribution >= 0.6 is 25.3 Å². The molecular weight excluding hydrogens is 406 g/mol. The minimum Gasteiger partial charge on any atom is -0.504 e. The number of benzene rings is 2. The second kappa shape index (κ2) is 13.7. The zero-order chi connectivity index (χ0) is 21.6. The number of aromatic hydroxyl groups is 1. The van der Waals surface area contributed by atoms with Crippen LogP contribution in [0.25, 0.3) is 0 Å². The van der Waals surface area contributed by atoms with Crippen molar-refractivity contribution in [1.82, 2.24) is 0 Å². The number of carbonyl (C=O) groups is 2. The zero-order valence-electron chi connectivity index (χ0n) is 16.2. The molecule has 29 heavy (non-hydrogen) atoms. The molecule has 1 unspecified atom stereocenters. The topological polar surface area (TPSA) is 87.4 Å². The van der Waals surface area contributed by atoms with Gasteiger partial charge in [0.2, 0.25) is 0 Å². The number of rotatable bonds is 9. The first-order valence-corrected chi connectivity index (χ1v) is 10.3. The van der Waals surface area contributed by atoms with Crippen molar-refractivity contribution in [3.63, 3.8) is 0 Å². The highest BCUT2D eigenvalue weighted by Gasteiger charge is 2.13. The zero-order valence-corrected chi connectivity index (χ0v) is 18.0. The summed E-state index contributed by atoms with van der Waals surface area (Å²) in [5.41, 5.74) is 1.87. The number of phenolic OH excluding ortho intramolecular Hbond substituents is 1. The lowest BCUT2D eigenvalue weighted by Gasteiger charge is -2.06. The highest BCUT2D eigenvalue weighted by atomic mass is 32.1. The van der Waals surface area contributed by atoms with Gasteiger partial charge in [0.15, 0.2) is 11.5 Å². The molecule has 2 rings (SSSR count). The molecule has 1 N–H and O–H groups in total. The van der Waals surface area contributed by atoms with E-state index in [2.05, 4.69) is 31.3 Å². The van der Waals surface area contributed by atoms with Crippen molar-refractivity contribution >= 4 is 36.8 Å². The van der Waals surface area contributed by atoms with Crippen molar-refractivity contribution in [3.05, 3.63) is 59.7 Å². The third-order valence-corrected chi connectivity index (χ3v) is 4.78. The number of methoxy groups -OCH3 is 1. The molecule has 0 heterocycles. The van der Waals surface area contributed by atoms with Crippen LogP contribution in [0.2, 0.25) is 0 Å². The van der Waals surface area contributed by atoms with Crippen LogP contribution in [-0.2, 0) is 16.0 Å². The van der Waals surface area contributed by atoms with E-state index in [1.165, 1.54) is 7.11 Å². The molecule has 0 fully saturated rings. The van der Waals surface area contributed by atoms with E-state index in [4.69, 9.17) is 10.00 Å². The first-order valence-electron chi connectivity index (χ1n) is 9.00. The maximum atomic E-state index is 11.1. The van der Waals surface area contributed by atoms with E-state index in [-0.39, 0.29) is 41.2 Å². The average Bonchev–Trinajstić information content (AvgIpc) is 2.77. The molecule has 1 atom stereocenters. The van der Waals surface area contributed by atoms with Crippen molar-refractivity contribution in [3.8, 4) is 17.6 Å². The Balaban J connectivity index is 0.000000291. The fraction of sp³-hybridized carbons (Fsp3) is 0.318. The highest BCUT2D eigenvalue weighted by molar-refractivity contribution is 7.81. The van der Waals surface area contributed by atoms with E-state index in [0.717, 1.165) is 11.1 Å². The molecule has 0 amide bonds. The molecule has 0 aromatic heterocycles. The number of aryl methyl sites for hydroxylation is 1. The second-order valence-electron chi connectivity index (χ2n) is 6.20. The van der Waals surface area contributed by atoms with Gasteiger partial charge in [-0.15, -0.1) is 0 Å². The molecule has 0 spiro atoms. The number of hydrogen-bond acceptors (Lipinski definition) is 7. The van der Waals surface area contributed by atoms with Gasteiger partial charge in [-0.2, -0.15) is 30.5 Å². The molecule has 154 valence electrons. The molecule has 5 nitrogen and oxygen atoms in total. The number of phenols is 1. The molecule has 0 radical (unpaired) electrons. The Kier molecular flexibility index (Phi) is 11.6.